The Kier molecular flexibility index (Phi) is 6.39. The van der Waals surface area contributed by atoms with Crippen molar-refractivity contribution in [1.82, 2.24) is 5.32 Å². The second-order valence-corrected chi connectivity index (χ2v) is 6.97. The number of ether oxygens (including phenoxy) is 1. The van der Waals surface area contributed by atoms with Crippen LogP contribution in [-0.2, 0) is 14.3 Å². The summed E-state index contributed by atoms with van der Waals surface area (Å²) in [6, 6.07) is 5.05. The molecule has 0 fully saturated rings. The van der Waals surface area contributed by atoms with Crippen LogP contribution in [0.2, 0.25) is 10.0 Å². The molecule has 23 heavy (non-hydrogen) atoms. The van der Waals surface area contributed by atoms with E-state index in [9.17, 15) is 9.59 Å². The number of hydrogen-bond donors (Lipinski definition) is 1. The molecule has 1 aliphatic rings. The van der Waals surface area contributed by atoms with Gasteiger partial charge in [0, 0.05) is 33.8 Å². The predicted molar refractivity (Wildman–Crippen MR) is 94.0 cm³/mol. The number of carbonyl (C=O) groups is 2. The largest absolute Gasteiger partial charge is 0.461 e. The van der Waals surface area contributed by atoms with Crippen molar-refractivity contribution in [2.24, 2.45) is 0 Å². The Bertz CT molecular complexity index is 661. The van der Waals surface area contributed by atoms with E-state index in [4.69, 9.17) is 27.9 Å². The van der Waals surface area contributed by atoms with E-state index in [1.165, 1.54) is 0 Å². The fraction of sp³-hybridized carbons (Fsp3) is 0.375. The highest BCUT2D eigenvalue weighted by atomic mass is 35.5. The molecule has 0 aromatic heterocycles. The highest BCUT2D eigenvalue weighted by Crippen LogP contribution is 2.38. The first-order valence-corrected chi connectivity index (χ1v) is 9.20. The Balaban J connectivity index is 2.36. The van der Waals surface area contributed by atoms with E-state index in [-0.39, 0.29) is 12.3 Å². The third-order valence-electron chi connectivity index (χ3n) is 3.55. The molecule has 1 aliphatic heterocycles. The van der Waals surface area contributed by atoms with Gasteiger partial charge in [-0.25, -0.2) is 4.79 Å². The molecule has 1 aromatic rings. The van der Waals surface area contributed by atoms with Gasteiger partial charge in [-0.05, 0) is 30.9 Å². The standard InChI is InChI=1S/C16H17Cl2NO3S/c1-9-15(16(21)22-5-6-23-2)12(8-14(20)19-9)11-4-3-10(17)7-13(11)18/h3-4,7,12H,5-6,8H2,1-2H3,(H,19,20). The molecule has 0 saturated heterocycles. The van der Waals surface area contributed by atoms with Crippen molar-refractivity contribution < 1.29 is 14.3 Å². The van der Waals surface area contributed by atoms with Gasteiger partial charge in [-0.1, -0.05) is 29.3 Å². The molecule has 1 N–H and O–H groups in total. The van der Waals surface area contributed by atoms with E-state index >= 15 is 0 Å². The maximum Gasteiger partial charge on any atom is 0.336 e. The SMILES string of the molecule is CSCCOC(=O)C1=C(C)NC(=O)CC1c1ccc(Cl)cc1Cl. The zero-order valence-corrected chi connectivity index (χ0v) is 15.1. The van der Waals surface area contributed by atoms with Crippen LogP contribution >= 0.6 is 35.0 Å². The molecule has 7 heteroatoms. The molecule has 1 heterocycles. The summed E-state index contributed by atoms with van der Waals surface area (Å²) in [5.41, 5.74) is 1.64. The quantitative estimate of drug-likeness (QED) is 0.630. The maximum absolute atomic E-state index is 12.4. The molecular weight excluding hydrogens is 357 g/mol. The molecule has 4 nitrogen and oxygen atoms in total. The van der Waals surface area contributed by atoms with Crippen molar-refractivity contribution >= 4 is 46.8 Å². The Hall–Kier alpha value is -1.17. The minimum Gasteiger partial charge on any atom is -0.461 e. The molecule has 0 radical (unpaired) electrons. The third-order valence-corrected chi connectivity index (χ3v) is 4.68. The number of hydrogen-bond acceptors (Lipinski definition) is 4. The minimum absolute atomic E-state index is 0.144. The first-order valence-electron chi connectivity index (χ1n) is 7.05. The van der Waals surface area contributed by atoms with Crippen LogP contribution in [0.4, 0.5) is 0 Å². The van der Waals surface area contributed by atoms with Gasteiger partial charge in [0.25, 0.3) is 0 Å². The second-order valence-electron chi connectivity index (χ2n) is 5.14. The first-order chi connectivity index (χ1) is 10.9. The van der Waals surface area contributed by atoms with Crippen LogP contribution in [0.15, 0.2) is 29.5 Å². The molecular formula is C16H17Cl2NO3S. The highest BCUT2D eigenvalue weighted by Gasteiger charge is 2.33. The molecule has 0 aliphatic carbocycles. The number of amides is 1. The van der Waals surface area contributed by atoms with Crippen molar-refractivity contribution in [1.29, 1.82) is 0 Å². The summed E-state index contributed by atoms with van der Waals surface area (Å²) >= 11 is 13.8. The smallest absolute Gasteiger partial charge is 0.336 e. The lowest BCUT2D eigenvalue weighted by atomic mass is 9.84. The van der Waals surface area contributed by atoms with Crippen LogP contribution in [0, 0.1) is 0 Å². The number of benzene rings is 1. The Morgan fingerprint density at radius 2 is 2.17 bits per heavy atom. The molecule has 2 rings (SSSR count). The van der Waals surface area contributed by atoms with Crippen molar-refractivity contribution in [3.8, 4) is 0 Å². The van der Waals surface area contributed by atoms with Crippen molar-refractivity contribution in [3.63, 3.8) is 0 Å². The molecule has 0 bridgehead atoms. The van der Waals surface area contributed by atoms with E-state index in [0.29, 0.717) is 33.5 Å². The number of allylic oxidation sites excluding steroid dienone is 1. The molecule has 0 spiro atoms. The van der Waals surface area contributed by atoms with E-state index < -0.39 is 11.9 Å². The molecule has 124 valence electrons. The highest BCUT2D eigenvalue weighted by molar-refractivity contribution is 7.98. The Labute approximate surface area is 149 Å². The van der Waals surface area contributed by atoms with Gasteiger partial charge >= 0.3 is 5.97 Å². The predicted octanol–water partition coefficient (Wildman–Crippen LogP) is 3.78. The third kappa shape index (κ3) is 4.43. The van der Waals surface area contributed by atoms with Gasteiger partial charge in [0.2, 0.25) is 5.91 Å². The molecule has 1 aromatic carbocycles. The Morgan fingerprint density at radius 3 is 2.83 bits per heavy atom. The lowest BCUT2D eigenvalue weighted by Gasteiger charge is -2.27. The van der Waals surface area contributed by atoms with E-state index in [2.05, 4.69) is 5.32 Å². The summed E-state index contributed by atoms with van der Waals surface area (Å²) in [7, 11) is 0. The average Bonchev–Trinajstić information content (AvgIpc) is 2.46. The van der Waals surface area contributed by atoms with Crippen LogP contribution in [-0.4, -0.2) is 30.5 Å². The fourth-order valence-electron chi connectivity index (χ4n) is 2.52. The molecule has 0 saturated carbocycles. The van der Waals surface area contributed by atoms with Crippen LogP contribution in [0.5, 0.6) is 0 Å². The topological polar surface area (TPSA) is 55.4 Å². The number of thioether (sulfide) groups is 1. The van der Waals surface area contributed by atoms with Gasteiger partial charge in [-0.3, -0.25) is 4.79 Å². The van der Waals surface area contributed by atoms with Crippen LogP contribution < -0.4 is 5.32 Å². The Morgan fingerprint density at radius 1 is 1.43 bits per heavy atom. The first kappa shape index (κ1) is 18.2. The maximum atomic E-state index is 12.4. The lowest BCUT2D eigenvalue weighted by Crippen LogP contribution is -2.34. The summed E-state index contributed by atoms with van der Waals surface area (Å²) in [4.78, 5) is 24.3. The summed E-state index contributed by atoms with van der Waals surface area (Å²) < 4.78 is 5.30. The molecule has 1 unspecified atom stereocenters. The summed E-state index contributed by atoms with van der Waals surface area (Å²) in [5.74, 6) is -0.293. The van der Waals surface area contributed by atoms with Gasteiger partial charge in [-0.2, -0.15) is 11.8 Å². The fourth-order valence-corrected chi connectivity index (χ4v) is 3.31. The van der Waals surface area contributed by atoms with Crippen LogP contribution in [0.3, 0.4) is 0 Å². The monoisotopic (exact) mass is 373 g/mol. The number of halogens is 2. The number of esters is 1. The van der Waals surface area contributed by atoms with Gasteiger partial charge in [0.15, 0.2) is 0 Å². The van der Waals surface area contributed by atoms with E-state index in [1.54, 1.807) is 36.9 Å². The van der Waals surface area contributed by atoms with Gasteiger partial charge in [0.05, 0.1) is 5.57 Å². The van der Waals surface area contributed by atoms with Crippen molar-refractivity contribution in [2.45, 2.75) is 19.3 Å². The summed E-state index contributed by atoms with van der Waals surface area (Å²) in [6.45, 7) is 2.02. The normalized spacial score (nSPS) is 17.9. The minimum atomic E-state index is -0.435. The van der Waals surface area contributed by atoms with Crippen molar-refractivity contribution in [3.05, 3.63) is 45.1 Å². The second kappa shape index (κ2) is 8.08. The van der Waals surface area contributed by atoms with E-state index in [1.807, 2.05) is 6.26 Å². The number of carbonyl (C=O) groups excluding carboxylic acids is 2. The average molecular weight is 374 g/mol. The number of rotatable bonds is 5. The van der Waals surface area contributed by atoms with Crippen LogP contribution in [0.1, 0.15) is 24.8 Å². The van der Waals surface area contributed by atoms with Gasteiger partial charge < -0.3 is 10.1 Å². The van der Waals surface area contributed by atoms with Crippen molar-refractivity contribution in [2.75, 3.05) is 18.6 Å². The molecule has 1 amide bonds. The van der Waals surface area contributed by atoms with Gasteiger partial charge in [0.1, 0.15) is 6.61 Å². The zero-order valence-electron chi connectivity index (χ0n) is 12.8. The molecule has 1 atom stereocenters. The number of nitrogens with one attached hydrogen (secondary N) is 1. The summed E-state index contributed by atoms with van der Waals surface area (Å²) in [5, 5.41) is 3.63. The zero-order chi connectivity index (χ0) is 17.0. The lowest BCUT2D eigenvalue weighted by molar-refractivity contribution is -0.139. The van der Waals surface area contributed by atoms with Crippen LogP contribution in [0.25, 0.3) is 0 Å². The van der Waals surface area contributed by atoms with E-state index in [0.717, 1.165) is 5.75 Å². The van der Waals surface area contributed by atoms with Gasteiger partial charge in [-0.15, -0.1) is 0 Å². The summed E-state index contributed by atoms with van der Waals surface area (Å²) in [6.07, 6.45) is 2.08.